The molecular weight excluding hydrogens is 399 g/mol. The molecule has 0 spiro atoms. The molecule has 0 aliphatic rings. The monoisotopic (exact) mass is 426 g/mol. The van der Waals surface area contributed by atoms with E-state index in [1.807, 2.05) is 0 Å². The van der Waals surface area contributed by atoms with E-state index in [1.54, 1.807) is 13.8 Å². The molecule has 0 aromatic heterocycles. The fourth-order valence-corrected chi connectivity index (χ4v) is 0.800. The predicted octanol–water partition coefficient (Wildman–Crippen LogP) is 4.94. The van der Waals surface area contributed by atoms with Crippen molar-refractivity contribution in [1.29, 1.82) is 0 Å². The van der Waals surface area contributed by atoms with Gasteiger partial charge >= 0.3 is 47.6 Å². The molecule has 25 heavy (non-hydrogen) atoms. The Bertz CT molecular complexity index is 365. The van der Waals surface area contributed by atoms with Crippen molar-refractivity contribution in [1.82, 2.24) is 0 Å². The van der Waals surface area contributed by atoms with Crippen molar-refractivity contribution < 1.29 is 36.1 Å². The number of esters is 2. The van der Waals surface area contributed by atoms with Crippen molar-refractivity contribution in [2.45, 2.75) is 26.7 Å². The van der Waals surface area contributed by atoms with Gasteiger partial charge in [0.05, 0.1) is 13.2 Å². The third-order valence-corrected chi connectivity index (χ3v) is 2.41. The molecule has 0 aliphatic carbocycles. The van der Waals surface area contributed by atoms with E-state index >= 15 is 0 Å². The van der Waals surface area contributed by atoms with Gasteiger partial charge in [-0.1, -0.05) is 13.2 Å². The fourth-order valence-electron chi connectivity index (χ4n) is 0.800. The zero-order valence-electron chi connectivity index (χ0n) is 15.1. The topological polar surface area (TPSA) is 52.6 Å². The second-order valence-electron chi connectivity index (χ2n) is 5.14. The number of carbonyl (C=O) groups excluding carboxylic acids is 2. The number of hydrogen-bond acceptors (Lipinski definition) is 4. The van der Waals surface area contributed by atoms with Gasteiger partial charge in [0.25, 0.3) is 0 Å². The van der Waals surface area contributed by atoms with Crippen LogP contribution >= 0.6 is 18.6 Å². The average Bonchev–Trinajstić information content (AvgIpc) is 2.57. The Hall–Kier alpha value is -0.286. The Morgan fingerprint density at radius 1 is 0.920 bits per heavy atom. The van der Waals surface area contributed by atoms with Crippen LogP contribution in [-0.2, 0) is 36.1 Å². The number of ether oxygens (including phenoxy) is 2. The van der Waals surface area contributed by atoms with Gasteiger partial charge in [-0.15, -0.1) is 0 Å². The molecule has 0 aromatic rings. The number of hydrogen-bond donors (Lipinski definition) is 0. The van der Waals surface area contributed by atoms with E-state index < -0.39 is 17.0 Å². The fraction of sp³-hybridized carbons (Fsp3) is 0.444. The molecule has 0 aliphatic heterocycles. The molecule has 0 rings (SSSR count). The van der Waals surface area contributed by atoms with E-state index in [9.17, 15) is 9.59 Å². The molecule has 0 radical (unpaired) electrons. The molecule has 0 aromatic carbocycles. The molecule has 0 heterocycles. The normalized spacial score (nSPS) is 11.7. The molecule has 142 valence electrons. The van der Waals surface area contributed by atoms with Crippen LogP contribution in [0.5, 0.6) is 0 Å². The predicted molar refractivity (Wildman–Crippen MR) is 101 cm³/mol. The van der Waals surface area contributed by atoms with Gasteiger partial charge < -0.3 is 37.2 Å². The molecule has 4 nitrogen and oxygen atoms in total. The standard InChI is InChI=1S/2C9H14O2.2ClH.Ti/c2*1-5-8(4)6-11-9(10)7(2)3;;;/h2*8H,1-2,4-6H2,3H3;2*1H;/q2*-2;;;+6/p-2. The zero-order valence-corrected chi connectivity index (χ0v) is 18.2. The first kappa shape index (κ1) is 29.5. The minimum absolute atomic E-state index is 0.0818. The van der Waals surface area contributed by atoms with Crippen LogP contribution in [0, 0.1) is 39.5 Å². The quantitative estimate of drug-likeness (QED) is 0.239. The summed E-state index contributed by atoms with van der Waals surface area (Å²) in [6.07, 6.45) is 1.34. The van der Waals surface area contributed by atoms with Crippen molar-refractivity contribution >= 4 is 30.5 Å². The maximum absolute atomic E-state index is 10.8. The molecule has 2 unspecified atom stereocenters. The van der Waals surface area contributed by atoms with E-state index in [4.69, 9.17) is 28.1 Å². The molecule has 0 saturated carbocycles. The van der Waals surface area contributed by atoms with Gasteiger partial charge in [-0.05, 0) is 13.8 Å². The Morgan fingerprint density at radius 2 is 1.16 bits per heavy atom. The molecule has 0 bridgehead atoms. The van der Waals surface area contributed by atoms with Gasteiger partial charge in [-0.25, -0.2) is 22.4 Å². The summed E-state index contributed by atoms with van der Waals surface area (Å²) in [5, 5.41) is 0. The van der Waals surface area contributed by atoms with Crippen molar-refractivity contribution in [3.63, 3.8) is 0 Å². The Balaban J connectivity index is -0.000000334. The zero-order chi connectivity index (χ0) is 20.4. The minimum atomic E-state index is -0.556. The van der Waals surface area contributed by atoms with Crippen LogP contribution in [-0.4, -0.2) is 25.2 Å². The van der Waals surface area contributed by atoms with E-state index in [-0.39, 0.29) is 23.8 Å². The average molecular weight is 427 g/mol. The second kappa shape index (κ2) is 20.0. The first-order chi connectivity index (χ1) is 11.6. The summed E-state index contributed by atoms with van der Waals surface area (Å²) < 4.78 is 9.63. The van der Waals surface area contributed by atoms with Gasteiger partial charge in [-0.3, -0.25) is 0 Å². The van der Waals surface area contributed by atoms with Gasteiger partial charge in [0.2, 0.25) is 0 Å². The van der Waals surface area contributed by atoms with Crippen LogP contribution in [0.1, 0.15) is 26.7 Å². The van der Waals surface area contributed by atoms with Crippen LogP contribution in [0.4, 0.5) is 0 Å². The first-order valence-corrected chi connectivity index (χ1v) is 11.7. The van der Waals surface area contributed by atoms with Gasteiger partial charge in [0, 0.05) is 11.1 Å². The molecule has 0 saturated heterocycles. The number of rotatable bonds is 8. The SMILES string of the molecule is C=C(C)C(=O)OCC([CH2-])C[CH2-].C=C(C)C(=O)OCC([CH2-])C[CH2-].[Cl][Ti+4][Cl]. The summed E-state index contributed by atoms with van der Waals surface area (Å²) in [7, 11) is 9.78. The van der Waals surface area contributed by atoms with Crippen LogP contribution in [0.3, 0.4) is 0 Å². The molecule has 2 atom stereocenters. The third kappa shape index (κ3) is 23.7. The van der Waals surface area contributed by atoms with Crippen molar-refractivity contribution in [3.8, 4) is 0 Å². The van der Waals surface area contributed by atoms with E-state index in [0.717, 1.165) is 0 Å². The van der Waals surface area contributed by atoms with Crippen molar-refractivity contribution in [3.05, 3.63) is 52.0 Å². The van der Waals surface area contributed by atoms with Gasteiger partial charge in [-0.2, -0.15) is 11.8 Å². The van der Waals surface area contributed by atoms with Crippen molar-refractivity contribution in [2.75, 3.05) is 13.2 Å². The molecule has 0 fully saturated rings. The Morgan fingerprint density at radius 3 is 1.32 bits per heavy atom. The Labute approximate surface area is 170 Å². The summed E-state index contributed by atoms with van der Waals surface area (Å²) in [5.41, 5.74) is 0.836. The van der Waals surface area contributed by atoms with Crippen molar-refractivity contribution in [2.24, 2.45) is 11.8 Å². The summed E-state index contributed by atoms with van der Waals surface area (Å²) in [6, 6.07) is 0. The van der Waals surface area contributed by atoms with Gasteiger partial charge in [0.15, 0.2) is 0 Å². The number of halogens is 2. The van der Waals surface area contributed by atoms with Gasteiger partial charge in [0.1, 0.15) is 0 Å². The molecule has 7 heteroatoms. The first-order valence-electron chi connectivity index (χ1n) is 7.43. The van der Waals surface area contributed by atoms with Crippen LogP contribution in [0.25, 0.3) is 0 Å². The van der Waals surface area contributed by atoms with E-state index in [1.165, 1.54) is 0 Å². The summed E-state index contributed by atoms with van der Waals surface area (Å²) in [6.45, 7) is 25.5. The Kier molecular flexibility index (Phi) is 23.6. The maximum atomic E-state index is 10.8. The summed E-state index contributed by atoms with van der Waals surface area (Å²) in [4.78, 5) is 21.6. The molecule has 0 amide bonds. The van der Waals surface area contributed by atoms with E-state index in [0.29, 0.717) is 37.2 Å². The molecule has 0 N–H and O–H groups in total. The van der Waals surface area contributed by atoms with Crippen LogP contribution in [0.15, 0.2) is 24.3 Å². The number of carbonyl (C=O) groups is 2. The summed E-state index contributed by atoms with van der Waals surface area (Å²) >= 11 is -0.556. The summed E-state index contributed by atoms with van der Waals surface area (Å²) in [5.74, 6) is -0.546. The van der Waals surface area contributed by atoms with Crippen LogP contribution in [0.2, 0.25) is 0 Å². The van der Waals surface area contributed by atoms with Crippen LogP contribution < -0.4 is 0 Å². The second-order valence-corrected chi connectivity index (χ2v) is 7.72. The third-order valence-electron chi connectivity index (χ3n) is 2.41. The van der Waals surface area contributed by atoms with E-state index in [2.05, 4.69) is 40.9 Å². The molecular formula is C18H28Cl2O4Ti.